The predicted octanol–water partition coefficient (Wildman–Crippen LogP) is 2.23. The zero-order valence-corrected chi connectivity index (χ0v) is 8.86. The van der Waals surface area contributed by atoms with E-state index in [0.717, 1.165) is 0 Å². The number of carbonyl (C=O) groups is 1. The molecule has 7 heteroatoms. The molecule has 0 saturated heterocycles. The molecule has 0 aliphatic heterocycles. The van der Waals surface area contributed by atoms with E-state index in [1.807, 2.05) is 0 Å². The minimum Gasteiger partial charge on any atom is -0.387 e. The van der Waals surface area contributed by atoms with Crippen molar-refractivity contribution in [2.45, 2.75) is 6.36 Å². The average Bonchev–Trinajstić information content (AvgIpc) is 2.25. The van der Waals surface area contributed by atoms with Crippen molar-refractivity contribution in [2.75, 3.05) is 0 Å². The van der Waals surface area contributed by atoms with Crippen LogP contribution in [0.25, 0.3) is 10.9 Å². The van der Waals surface area contributed by atoms with Crippen molar-refractivity contribution < 1.29 is 22.7 Å². The van der Waals surface area contributed by atoms with E-state index in [0.29, 0.717) is 5.39 Å². The van der Waals surface area contributed by atoms with Gasteiger partial charge in [0.2, 0.25) is 5.88 Å². The van der Waals surface area contributed by atoms with Gasteiger partial charge in [0.15, 0.2) is 0 Å². The highest BCUT2D eigenvalue weighted by atomic mass is 19.4. The van der Waals surface area contributed by atoms with Crippen molar-refractivity contribution in [1.82, 2.24) is 4.98 Å². The predicted molar refractivity (Wildman–Crippen MR) is 56.9 cm³/mol. The molecule has 0 aliphatic carbocycles. The SMILES string of the molecule is NC(=O)c1cc2ccccc2nc1OC(F)(F)F. The second-order valence-corrected chi connectivity index (χ2v) is 3.45. The van der Waals surface area contributed by atoms with E-state index in [2.05, 4.69) is 9.72 Å². The first-order valence-electron chi connectivity index (χ1n) is 4.82. The summed E-state index contributed by atoms with van der Waals surface area (Å²) in [5.41, 5.74) is 4.87. The first-order valence-corrected chi connectivity index (χ1v) is 4.82. The molecule has 0 spiro atoms. The van der Waals surface area contributed by atoms with Crippen molar-refractivity contribution in [3.05, 3.63) is 35.9 Å². The number of rotatable bonds is 2. The van der Waals surface area contributed by atoms with Crippen LogP contribution in [0.15, 0.2) is 30.3 Å². The van der Waals surface area contributed by atoms with Crippen LogP contribution in [0.2, 0.25) is 0 Å². The van der Waals surface area contributed by atoms with Crippen molar-refractivity contribution >= 4 is 16.8 Å². The average molecular weight is 256 g/mol. The first kappa shape index (κ1) is 12.2. The summed E-state index contributed by atoms with van der Waals surface area (Å²) in [5, 5.41) is 0.501. The molecule has 0 bridgehead atoms. The highest BCUT2D eigenvalue weighted by Crippen LogP contribution is 2.27. The number of aromatic nitrogens is 1. The lowest BCUT2D eigenvalue weighted by Gasteiger charge is -2.11. The third-order valence-electron chi connectivity index (χ3n) is 2.17. The number of carbonyl (C=O) groups excluding carboxylic acids is 1. The van der Waals surface area contributed by atoms with Gasteiger partial charge in [-0.2, -0.15) is 0 Å². The molecule has 0 fully saturated rings. The zero-order chi connectivity index (χ0) is 13.3. The molecule has 18 heavy (non-hydrogen) atoms. The topological polar surface area (TPSA) is 65.2 Å². The molecule has 0 atom stereocenters. The Bertz CT molecular complexity index is 611. The Morgan fingerprint density at radius 1 is 1.28 bits per heavy atom. The highest BCUT2D eigenvalue weighted by Gasteiger charge is 2.33. The number of pyridine rings is 1. The quantitative estimate of drug-likeness (QED) is 0.896. The highest BCUT2D eigenvalue weighted by molar-refractivity contribution is 5.98. The summed E-state index contributed by atoms with van der Waals surface area (Å²) >= 11 is 0. The number of nitrogens with two attached hydrogens (primary N) is 1. The Labute approximate surface area is 99.2 Å². The largest absolute Gasteiger partial charge is 0.574 e. The summed E-state index contributed by atoms with van der Waals surface area (Å²) in [6.07, 6.45) is -4.93. The number of nitrogens with zero attached hydrogens (tertiary/aromatic N) is 1. The van der Waals surface area contributed by atoms with E-state index in [1.54, 1.807) is 18.2 Å². The van der Waals surface area contributed by atoms with Gasteiger partial charge in [0, 0.05) is 5.39 Å². The van der Waals surface area contributed by atoms with Gasteiger partial charge in [-0.05, 0) is 12.1 Å². The van der Waals surface area contributed by atoms with Crippen LogP contribution in [-0.4, -0.2) is 17.3 Å². The number of halogens is 3. The smallest absolute Gasteiger partial charge is 0.387 e. The summed E-state index contributed by atoms with van der Waals surface area (Å²) in [5.74, 6) is -1.87. The molecule has 0 unspecified atom stereocenters. The number of primary amides is 1. The van der Waals surface area contributed by atoms with E-state index < -0.39 is 23.7 Å². The maximum Gasteiger partial charge on any atom is 0.574 e. The summed E-state index contributed by atoms with van der Waals surface area (Å²) < 4.78 is 40.2. The van der Waals surface area contributed by atoms with Crippen LogP contribution in [-0.2, 0) is 0 Å². The van der Waals surface area contributed by atoms with Crippen LogP contribution in [0.1, 0.15) is 10.4 Å². The van der Waals surface area contributed by atoms with E-state index in [1.165, 1.54) is 12.1 Å². The molecule has 2 N–H and O–H groups in total. The third kappa shape index (κ3) is 2.50. The van der Waals surface area contributed by atoms with Crippen LogP contribution in [0, 0.1) is 0 Å². The third-order valence-corrected chi connectivity index (χ3v) is 2.17. The summed E-state index contributed by atoms with van der Waals surface area (Å²) in [7, 11) is 0. The molecule has 2 rings (SSSR count). The normalized spacial score (nSPS) is 11.5. The van der Waals surface area contributed by atoms with Crippen molar-refractivity contribution in [2.24, 2.45) is 5.73 Å². The second-order valence-electron chi connectivity index (χ2n) is 3.45. The van der Waals surface area contributed by atoms with Gasteiger partial charge in [-0.3, -0.25) is 4.79 Å². The Kier molecular flexibility index (Phi) is 2.82. The molecular formula is C11H7F3N2O2. The van der Waals surface area contributed by atoms with Gasteiger partial charge in [0.05, 0.1) is 5.52 Å². The maximum absolute atomic E-state index is 12.2. The Hall–Kier alpha value is -2.31. The summed E-state index contributed by atoms with van der Waals surface area (Å²) in [6.45, 7) is 0. The monoisotopic (exact) mass is 256 g/mol. The van der Waals surface area contributed by atoms with E-state index in [4.69, 9.17) is 5.73 Å². The number of fused-ring (bicyclic) bond motifs is 1. The number of amides is 1. The number of hydrogen-bond acceptors (Lipinski definition) is 3. The van der Waals surface area contributed by atoms with Crippen molar-refractivity contribution in [3.63, 3.8) is 0 Å². The molecule has 0 radical (unpaired) electrons. The number of hydrogen-bond donors (Lipinski definition) is 1. The van der Waals surface area contributed by atoms with Crippen molar-refractivity contribution in [1.29, 1.82) is 0 Å². The first-order chi connectivity index (χ1) is 8.37. The lowest BCUT2D eigenvalue weighted by Crippen LogP contribution is -2.22. The number of alkyl halides is 3. The van der Waals surface area contributed by atoms with Crippen LogP contribution < -0.4 is 10.5 Å². The fraction of sp³-hybridized carbons (Fsp3) is 0.0909. The summed E-state index contributed by atoms with van der Waals surface area (Å²) in [4.78, 5) is 14.7. The lowest BCUT2D eigenvalue weighted by atomic mass is 10.1. The Balaban J connectivity index is 2.61. The lowest BCUT2D eigenvalue weighted by molar-refractivity contribution is -0.276. The zero-order valence-electron chi connectivity index (χ0n) is 8.86. The van der Waals surface area contributed by atoms with E-state index >= 15 is 0 Å². The number of para-hydroxylation sites is 1. The second kappa shape index (κ2) is 4.17. The molecule has 94 valence electrons. The number of ether oxygens (including phenoxy) is 1. The minimum atomic E-state index is -4.93. The van der Waals surface area contributed by atoms with Gasteiger partial charge in [-0.1, -0.05) is 18.2 Å². The van der Waals surface area contributed by atoms with Gasteiger partial charge < -0.3 is 10.5 Å². The molecule has 2 aromatic rings. The molecule has 1 aromatic carbocycles. The molecule has 1 aromatic heterocycles. The Morgan fingerprint density at radius 3 is 2.56 bits per heavy atom. The fourth-order valence-corrected chi connectivity index (χ4v) is 1.46. The molecule has 1 heterocycles. The van der Waals surface area contributed by atoms with Crippen LogP contribution in [0.4, 0.5) is 13.2 Å². The number of benzene rings is 1. The van der Waals surface area contributed by atoms with E-state index in [-0.39, 0.29) is 5.52 Å². The van der Waals surface area contributed by atoms with Gasteiger partial charge in [0.1, 0.15) is 5.56 Å². The summed E-state index contributed by atoms with van der Waals surface area (Å²) in [6, 6.07) is 7.59. The minimum absolute atomic E-state index is 0.279. The van der Waals surface area contributed by atoms with Crippen LogP contribution in [0.5, 0.6) is 5.88 Å². The van der Waals surface area contributed by atoms with Gasteiger partial charge in [-0.25, -0.2) is 4.98 Å². The van der Waals surface area contributed by atoms with Gasteiger partial charge >= 0.3 is 6.36 Å². The molecule has 4 nitrogen and oxygen atoms in total. The van der Waals surface area contributed by atoms with Gasteiger partial charge in [-0.15, -0.1) is 13.2 Å². The maximum atomic E-state index is 12.2. The fourth-order valence-electron chi connectivity index (χ4n) is 1.46. The molecule has 0 saturated carbocycles. The Morgan fingerprint density at radius 2 is 1.94 bits per heavy atom. The van der Waals surface area contributed by atoms with Crippen LogP contribution in [0.3, 0.4) is 0 Å². The van der Waals surface area contributed by atoms with Crippen LogP contribution >= 0.6 is 0 Å². The van der Waals surface area contributed by atoms with E-state index in [9.17, 15) is 18.0 Å². The van der Waals surface area contributed by atoms with Crippen molar-refractivity contribution in [3.8, 4) is 5.88 Å². The molecular weight excluding hydrogens is 249 g/mol. The standard InChI is InChI=1S/C11H7F3N2O2/c12-11(13,14)18-10-7(9(15)17)5-6-3-1-2-4-8(6)16-10/h1-5H,(H2,15,17). The van der Waals surface area contributed by atoms with Gasteiger partial charge in [0.25, 0.3) is 5.91 Å². The molecule has 0 aliphatic rings. The molecule has 1 amide bonds.